The van der Waals surface area contributed by atoms with Crippen molar-refractivity contribution in [3.8, 4) is 0 Å². The van der Waals surface area contributed by atoms with Gasteiger partial charge in [0.25, 0.3) is 0 Å². The smallest absolute Gasteiger partial charge is 0.174 e. The zero-order chi connectivity index (χ0) is 14.9. The van der Waals surface area contributed by atoms with Crippen molar-refractivity contribution >= 4 is 28.8 Å². The third-order valence-electron chi connectivity index (χ3n) is 3.90. The summed E-state index contributed by atoms with van der Waals surface area (Å²) in [6.45, 7) is 1.98. The van der Waals surface area contributed by atoms with Gasteiger partial charge in [-0.2, -0.15) is 0 Å². The van der Waals surface area contributed by atoms with Crippen LogP contribution in [0.3, 0.4) is 0 Å². The number of aromatic nitrogens is 2. The van der Waals surface area contributed by atoms with E-state index in [4.69, 9.17) is 0 Å². The lowest BCUT2D eigenvalue weighted by Crippen LogP contribution is -2.18. The topological polar surface area (TPSA) is 58.4 Å². The van der Waals surface area contributed by atoms with E-state index in [0.717, 1.165) is 34.3 Å². The van der Waals surface area contributed by atoms with E-state index in [1.807, 2.05) is 6.92 Å². The number of rotatable bonds is 2. The average molecular weight is 328 g/mol. The Morgan fingerprint density at radius 3 is 2.33 bits per heavy atom. The van der Waals surface area contributed by atoms with Gasteiger partial charge >= 0.3 is 0 Å². The first kappa shape index (κ1) is 16.7. The van der Waals surface area contributed by atoms with Gasteiger partial charge in [0.2, 0.25) is 0 Å². The monoisotopic (exact) mass is 327 g/mol. The maximum absolute atomic E-state index is 9.39. The summed E-state index contributed by atoms with van der Waals surface area (Å²) >= 11 is 3.35. The summed E-state index contributed by atoms with van der Waals surface area (Å²) in [5.74, 6) is 0. The standard InChI is InChI=1S/C15H25N3OS2/c1-12-16-17-15(20-12)21-14-11-9-7-5-3-2-4-6-8-10-13(14)18-19/h14,19H,2-11H2,1H3. The number of hydrogen-bond donors (Lipinski definition) is 1. The highest BCUT2D eigenvalue weighted by atomic mass is 32.2. The number of thioether (sulfide) groups is 1. The first-order valence-electron chi connectivity index (χ1n) is 7.97. The van der Waals surface area contributed by atoms with Crippen LogP contribution in [0.5, 0.6) is 0 Å². The summed E-state index contributed by atoms with van der Waals surface area (Å²) in [5.41, 5.74) is 0.938. The zero-order valence-electron chi connectivity index (χ0n) is 12.8. The van der Waals surface area contributed by atoms with Gasteiger partial charge in [-0.15, -0.1) is 10.2 Å². The molecule has 21 heavy (non-hydrogen) atoms. The third kappa shape index (κ3) is 5.94. The SMILES string of the molecule is Cc1nnc(SC2CCCCCCCCCCC2=NO)s1. The lowest BCUT2D eigenvalue weighted by atomic mass is 9.99. The van der Waals surface area contributed by atoms with Gasteiger partial charge in [0.15, 0.2) is 4.34 Å². The Balaban J connectivity index is 1.99. The van der Waals surface area contributed by atoms with E-state index < -0.39 is 0 Å². The first-order chi connectivity index (χ1) is 10.3. The second kappa shape index (κ2) is 9.41. The Bertz CT molecular complexity index is 448. The lowest BCUT2D eigenvalue weighted by Gasteiger charge is -2.17. The highest BCUT2D eigenvalue weighted by molar-refractivity contribution is 8.02. The molecule has 1 fully saturated rings. The van der Waals surface area contributed by atoms with E-state index in [2.05, 4.69) is 15.4 Å². The highest BCUT2D eigenvalue weighted by Crippen LogP contribution is 2.31. The lowest BCUT2D eigenvalue weighted by molar-refractivity contribution is 0.315. The van der Waals surface area contributed by atoms with E-state index in [0.29, 0.717) is 0 Å². The summed E-state index contributed by atoms with van der Waals surface area (Å²) in [4.78, 5) is 0. The van der Waals surface area contributed by atoms with Gasteiger partial charge in [0.05, 0.1) is 11.0 Å². The molecule has 0 aromatic carbocycles. The Kier molecular flexibility index (Phi) is 7.50. The minimum Gasteiger partial charge on any atom is -0.411 e. The number of aryl methyl sites for hydroxylation is 1. The number of nitrogens with zero attached hydrogens (tertiary/aromatic N) is 3. The van der Waals surface area contributed by atoms with Crippen LogP contribution in [-0.2, 0) is 0 Å². The normalized spacial score (nSPS) is 24.4. The number of oxime groups is 1. The summed E-state index contributed by atoms with van der Waals surface area (Å²) < 4.78 is 0.991. The summed E-state index contributed by atoms with van der Waals surface area (Å²) in [5, 5.41) is 22.5. The van der Waals surface area contributed by atoms with Gasteiger partial charge in [0.1, 0.15) is 5.01 Å². The molecule has 1 N–H and O–H groups in total. The molecule has 0 amide bonds. The minimum absolute atomic E-state index is 0.252. The average Bonchev–Trinajstić information content (AvgIpc) is 2.87. The van der Waals surface area contributed by atoms with E-state index in [1.54, 1.807) is 23.1 Å². The number of hydrogen-bond acceptors (Lipinski definition) is 6. The Morgan fingerprint density at radius 2 is 1.71 bits per heavy atom. The van der Waals surface area contributed by atoms with Crippen LogP contribution in [0, 0.1) is 6.92 Å². The molecule has 6 heteroatoms. The summed E-state index contributed by atoms with van der Waals surface area (Å²) in [7, 11) is 0. The van der Waals surface area contributed by atoms with Crippen LogP contribution in [0.2, 0.25) is 0 Å². The van der Waals surface area contributed by atoms with Crippen molar-refractivity contribution in [2.45, 2.75) is 80.7 Å². The Labute approximate surface area is 135 Å². The molecular formula is C15H25N3OS2. The fraction of sp³-hybridized carbons (Fsp3) is 0.800. The molecule has 4 nitrogen and oxygen atoms in total. The third-order valence-corrected chi connectivity index (χ3v) is 6.15. The predicted molar refractivity (Wildman–Crippen MR) is 89.7 cm³/mol. The minimum atomic E-state index is 0.252. The molecule has 1 aromatic rings. The maximum Gasteiger partial charge on any atom is 0.174 e. The molecule has 0 radical (unpaired) electrons. The van der Waals surface area contributed by atoms with E-state index in [1.165, 1.54) is 44.9 Å². The predicted octanol–water partition coefficient (Wildman–Crippen LogP) is 5.05. The molecule has 1 unspecified atom stereocenters. The van der Waals surface area contributed by atoms with Crippen LogP contribution in [0.1, 0.15) is 69.2 Å². The fourth-order valence-electron chi connectivity index (χ4n) is 2.71. The van der Waals surface area contributed by atoms with Gasteiger partial charge in [0, 0.05) is 0 Å². The zero-order valence-corrected chi connectivity index (χ0v) is 14.4. The van der Waals surface area contributed by atoms with Gasteiger partial charge in [-0.1, -0.05) is 73.2 Å². The summed E-state index contributed by atoms with van der Waals surface area (Å²) in [6.07, 6.45) is 12.2. The van der Waals surface area contributed by atoms with Crippen LogP contribution < -0.4 is 0 Å². The molecule has 0 saturated heterocycles. The van der Waals surface area contributed by atoms with Gasteiger partial charge < -0.3 is 5.21 Å². The van der Waals surface area contributed by atoms with Crippen molar-refractivity contribution in [1.82, 2.24) is 10.2 Å². The van der Waals surface area contributed by atoms with Crippen LogP contribution in [-0.4, -0.2) is 26.4 Å². The van der Waals surface area contributed by atoms with Crippen molar-refractivity contribution in [1.29, 1.82) is 0 Å². The Morgan fingerprint density at radius 1 is 1.05 bits per heavy atom. The highest BCUT2D eigenvalue weighted by Gasteiger charge is 2.20. The second-order valence-corrected chi connectivity index (χ2v) is 8.28. The van der Waals surface area contributed by atoms with Crippen molar-refractivity contribution in [2.24, 2.45) is 5.16 Å². The van der Waals surface area contributed by atoms with Crippen molar-refractivity contribution in [2.75, 3.05) is 0 Å². The quantitative estimate of drug-likeness (QED) is 0.610. The van der Waals surface area contributed by atoms with Crippen LogP contribution in [0.15, 0.2) is 9.50 Å². The second-order valence-electron chi connectivity index (χ2n) is 5.65. The Hall–Kier alpha value is -0.620. The fourth-order valence-corrected chi connectivity index (χ4v) is 4.95. The van der Waals surface area contributed by atoms with Gasteiger partial charge in [-0.3, -0.25) is 0 Å². The molecule has 2 rings (SSSR count). The van der Waals surface area contributed by atoms with Crippen LogP contribution in [0.4, 0.5) is 0 Å². The molecule has 1 aliphatic rings. The van der Waals surface area contributed by atoms with E-state index >= 15 is 0 Å². The molecule has 0 bridgehead atoms. The first-order valence-corrected chi connectivity index (χ1v) is 9.67. The maximum atomic E-state index is 9.39. The molecule has 118 valence electrons. The van der Waals surface area contributed by atoms with Crippen LogP contribution in [0.25, 0.3) is 0 Å². The van der Waals surface area contributed by atoms with Gasteiger partial charge in [-0.25, -0.2) is 0 Å². The van der Waals surface area contributed by atoms with Gasteiger partial charge in [-0.05, 0) is 26.2 Å². The van der Waals surface area contributed by atoms with Crippen molar-refractivity contribution < 1.29 is 5.21 Å². The molecule has 1 atom stereocenters. The molecule has 1 heterocycles. The summed E-state index contributed by atoms with van der Waals surface area (Å²) in [6, 6.07) is 0. The van der Waals surface area contributed by atoms with Crippen LogP contribution >= 0.6 is 23.1 Å². The molecule has 1 aliphatic carbocycles. The van der Waals surface area contributed by atoms with E-state index in [-0.39, 0.29) is 5.25 Å². The molecular weight excluding hydrogens is 302 g/mol. The van der Waals surface area contributed by atoms with Crippen molar-refractivity contribution in [3.05, 3.63) is 5.01 Å². The molecule has 0 spiro atoms. The largest absolute Gasteiger partial charge is 0.411 e. The molecule has 0 aliphatic heterocycles. The molecule has 1 saturated carbocycles. The molecule has 1 aromatic heterocycles. The van der Waals surface area contributed by atoms with E-state index in [9.17, 15) is 5.21 Å². The van der Waals surface area contributed by atoms with Crippen molar-refractivity contribution in [3.63, 3.8) is 0 Å².